The van der Waals surface area contributed by atoms with Crippen LogP contribution in [-0.2, 0) is 6.42 Å². The Kier molecular flexibility index (Phi) is 4.43. The van der Waals surface area contributed by atoms with Crippen LogP contribution in [0.1, 0.15) is 37.7 Å². The average molecular weight is 233 g/mol. The van der Waals surface area contributed by atoms with Crippen LogP contribution in [0.25, 0.3) is 0 Å². The predicted octanol–water partition coefficient (Wildman–Crippen LogP) is 3.10. The van der Waals surface area contributed by atoms with Gasteiger partial charge in [0.2, 0.25) is 0 Å². The van der Waals surface area contributed by atoms with E-state index in [1.807, 2.05) is 12.1 Å². The van der Waals surface area contributed by atoms with Crippen molar-refractivity contribution >= 4 is 0 Å². The van der Waals surface area contributed by atoms with Crippen LogP contribution in [0.4, 0.5) is 0 Å². The van der Waals surface area contributed by atoms with Crippen LogP contribution in [0.15, 0.2) is 24.3 Å². The van der Waals surface area contributed by atoms with E-state index in [4.69, 9.17) is 0 Å². The molecule has 0 aliphatic heterocycles. The molecule has 1 fully saturated rings. The quantitative estimate of drug-likeness (QED) is 0.837. The molecule has 0 radical (unpaired) electrons. The molecule has 0 aromatic heterocycles. The van der Waals surface area contributed by atoms with Crippen molar-refractivity contribution in [1.82, 2.24) is 5.32 Å². The topological polar surface area (TPSA) is 32.3 Å². The third kappa shape index (κ3) is 3.47. The van der Waals surface area contributed by atoms with Gasteiger partial charge in [0, 0.05) is 6.04 Å². The van der Waals surface area contributed by atoms with Gasteiger partial charge in [0.15, 0.2) is 0 Å². The third-order valence-corrected chi connectivity index (χ3v) is 3.96. The minimum atomic E-state index is 0.376. The fraction of sp³-hybridized carbons (Fsp3) is 0.600. The van der Waals surface area contributed by atoms with Gasteiger partial charge in [0.1, 0.15) is 5.75 Å². The van der Waals surface area contributed by atoms with Crippen molar-refractivity contribution in [3.05, 3.63) is 29.8 Å². The Balaban J connectivity index is 1.98. The highest BCUT2D eigenvalue weighted by Crippen LogP contribution is 2.28. The Hall–Kier alpha value is -1.02. The molecule has 17 heavy (non-hydrogen) atoms. The van der Waals surface area contributed by atoms with Crippen molar-refractivity contribution in [3.63, 3.8) is 0 Å². The highest BCUT2D eigenvalue weighted by Gasteiger charge is 2.22. The van der Waals surface area contributed by atoms with Gasteiger partial charge in [-0.3, -0.25) is 0 Å². The van der Waals surface area contributed by atoms with E-state index in [2.05, 4.69) is 18.4 Å². The molecule has 1 saturated carbocycles. The molecule has 1 atom stereocenters. The molecule has 0 saturated heterocycles. The number of phenols is 1. The Morgan fingerprint density at radius 2 is 2.06 bits per heavy atom. The standard InChI is InChI=1S/C15H23NO/c1-16-15(13-7-3-2-4-8-13)11-12-6-5-9-14(17)10-12/h5-6,9-10,13,15-17H,2-4,7-8,11H2,1H3. The maximum Gasteiger partial charge on any atom is 0.115 e. The van der Waals surface area contributed by atoms with E-state index < -0.39 is 0 Å². The monoisotopic (exact) mass is 233 g/mol. The molecular weight excluding hydrogens is 210 g/mol. The lowest BCUT2D eigenvalue weighted by Crippen LogP contribution is -2.36. The molecule has 1 aromatic carbocycles. The second-order valence-corrected chi connectivity index (χ2v) is 5.17. The van der Waals surface area contributed by atoms with Crippen LogP contribution in [0.5, 0.6) is 5.75 Å². The van der Waals surface area contributed by atoms with E-state index in [0.717, 1.165) is 12.3 Å². The molecule has 1 unspecified atom stereocenters. The van der Waals surface area contributed by atoms with Crippen molar-refractivity contribution in [2.24, 2.45) is 5.92 Å². The molecule has 2 rings (SSSR count). The summed E-state index contributed by atoms with van der Waals surface area (Å²) in [6.45, 7) is 0. The second kappa shape index (κ2) is 6.06. The number of phenolic OH excluding ortho intramolecular Hbond substituents is 1. The summed E-state index contributed by atoms with van der Waals surface area (Å²) in [5.74, 6) is 1.18. The SMILES string of the molecule is CNC(Cc1cccc(O)c1)C1CCCCC1. The highest BCUT2D eigenvalue weighted by molar-refractivity contribution is 5.27. The van der Waals surface area contributed by atoms with Crippen LogP contribution < -0.4 is 5.32 Å². The largest absolute Gasteiger partial charge is 0.508 e. The fourth-order valence-electron chi connectivity index (χ4n) is 2.98. The Morgan fingerprint density at radius 1 is 1.29 bits per heavy atom. The minimum Gasteiger partial charge on any atom is -0.508 e. The van der Waals surface area contributed by atoms with E-state index in [-0.39, 0.29) is 0 Å². The summed E-state index contributed by atoms with van der Waals surface area (Å²) in [7, 11) is 2.06. The van der Waals surface area contributed by atoms with Crippen LogP contribution in [0.3, 0.4) is 0 Å². The summed E-state index contributed by atoms with van der Waals surface area (Å²) in [5.41, 5.74) is 1.23. The lowest BCUT2D eigenvalue weighted by molar-refractivity contribution is 0.276. The van der Waals surface area contributed by atoms with E-state index >= 15 is 0 Å². The molecular formula is C15H23NO. The Bertz CT molecular complexity index is 345. The van der Waals surface area contributed by atoms with Crippen molar-refractivity contribution in [2.75, 3.05) is 7.05 Å². The number of nitrogens with one attached hydrogen (secondary N) is 1. The maximum absolute atomic E-state index is 9.49. The van der Waals surface area contributed by atoms with E-state index in [1.54, 1.807) is 6.07 Å². The number of rotatable bonds is 4. The molecule has 94 valence electrons. The Morgan fingerprint density at radius 3 is 2.71 bits per heavy atom. The lowest BCUT2D eigenvalue weighted by Gasteiger charge is -2.30. The van der Waals surface area contributed by atoms with E-state index in [9.17, 15) is 5.11 Å². The van der Waals surface area contributed by atoms with Gasteiger partial charge < -0.3 is 10.4 Å². The van der Waals surface area contributed by atoms with Gasteiger partial charge in [0.25, 0.3) is 0 Å². The lowest BCUT2D eigenvalue weighted by atomic mass is 9.81. The first-order chi connectivity index (χ1) is 8.29. The molecule has 0 bridgehead atoms. The smallest absolute Gasteiger partial charge is 0.115 e. The number of aromatic hydroxyl groups is 1. The van der Waals surface area contributed by atoms with Crippen LogP contribution >= 0.6 is 0 Å². The molecule has 1 aliphatic rings. The number of hydrogen-bond donors (Lipinski definition) is 2. The molecule has 1 aliphatic carbocycles. The zero-order valence-corrected chi connectivity index (χ0v) is 10.7. The predicted molar refractivity (Wildman–Crippen MR) is 71.2 cm³/mol. The Labute approximate surface area is 104 Å². The second-order valence-electron chi connectivity index (χ2n) is 5.17. The number of likely N-dealkylation sites (N-methyl/N-ethyl adjacent to an activating group) is 1. The summed E-state index contributed by atoms with van der Waals surface area (Å²) in [4.78, 5) is 0. The fourth-order valence-corrected chi connectivity index (χ4v) is 2.98. The van der Waals surface area contributed by atoms with E-state index in [1.165, 1.54) is 37.7 Å². The number of benzene rings is 1. The summed E-state index contributed by atoms with van der Waals surface area (Å²) < 4.78 is 0. The van der Waals surface area contributed by atoms with Crippen molar-refractivity contribution in [1.29, 1.82) is 0 Å². The highest BCUT2D eigenvalue weighted by atomic mass is 16.3. The van der Waals surface area contributed by atoms with Gasteiger partial charge in [-0.2, -0.15) is 0 Å². The molecule has 2 nitrogen and oxygen atoms in total. The van der Waals surface area contributed by atoms with Crippen molar-refractivity contribution in [3.8, 4) is 5.75 Å². The zero-order chi connectivity index (χ0) is 12.1. The molecule has 0 amide bonds. The first-order valence-electron chi connectivity index (χ1n) is 6.75. The molecule has 0 spiro atoms. The zero-order valence-electron chi connectivity index (χ0n) is 10.7. The van der Waals surface area contributed by atoms with Crippen molar-refractivity contribution in [2.45, 2.75) is 44.6 Å². The van der Waals surface area contributed by atoms with E-state index in [0.29, 0.717) is 11.8 Å². The van der Waals surface area contributed by atoms with Crippen LogP contribution in [0.2, 0.25) is 0 Å². The summed E-state index contributed by atoms with van der Waals surface area (Å²) in [6, 6.07) is 8.20. The first kappa shape index (κ1) is 12.4. The van der Waals surface area contributed by atoms with Crippen LogP contribution in [-0.4, -0.2) is 18.2 Å². The van der Waals surface area contributed by atoms with Gasteiger partial charge >= 0.3 is 0 Å². The third-order valence-electron chi connectivity index (χ3n) is 3.96. The molecule has 2 N–H and O–H groups in total. The molecule has 0 heterocycles. The van der Waals surface area contributed by atoms with Crippen molar-refractivity contribution < 1.29 is 5.11 Å². The molecule has 1 aromatic rings. The minimum absolute atomic E-state index is 0.376. The summed E-state index contributed by atoms with van der Waals surface area (Å²) >= 11 is 0. The summed E-state index contributed by atoms with van der Waals surface area (Å²) in [5, 5.41) is 12.9. The van der Waals surface area contributed by atoms with Gasteiger partial charge in [0.05, 0.1) is 0 Å². The van der Waals surface area contributed by atoms with Gasteiger partial charge in [-0.25, -0.2) is 0 Å². The first-order valence-corrected chi connectivity index (χ1v) is 6.75. The van der Waals surface area contributed by atoms with Crippen LogP contribution in [0, 0.1) is 5.92 Å². The molecule has 2 heteroatoms. The summed E-state index contributed by atoms with van der Waals surface area (Å²) in [6.07, 6.45) is 7.88. The maximum atomic E-state index is 9.49. The number of hydrogen-bond acceptors (Lipinski definition) is 2. The average Bonchev–Trinajstić information content (AvgIpc) is 2.37. The van der Waals surface area contributed by atoms with Gasteiger partial charge in [-0.05, 0) is 49.9 Å². The van der Waals surface area contributed by atoms with Gasteiger partial charge in [-0.15, -0.1) is 0 Å². The van der Waals surface area contributed by atoms with Gasteiger partial charge in [-0.1, -0.05) is 31.4 Å². The normalized spacial score (nSPS) is 19.1.